The van der Waals surface area contributed by atoms with Gasteiger partial charge in [-0.2, -0.15) is 0 Å². The number of carbonyl (C=O) groups is 2. The fourth-order valence-electron chi connectivity index (χ4n) is 4.06. The van der Waals surface area contributed by atoms with Gasteiger partial charge >= 0.3 is 0 Å². The molecule has 2 heterocycles. The molecule has 0 bridgehead atoms. The molecule has 0 spiro atoms. The molecule has 7 nitrogen and oxygen atoms in total. The first kappa shape index (κ1) is 21.7. The van der Waals surface area contributed by atoms with Crippen molar-refractivity contribution in [1.29, 1.82) is 0 Å². The van der Waals surface area contributed by atoms with Crippen molar-refractivity contribution in [2.75, 3.05) is 57.7 Å². The van der Waals surface area contributed by atoms with Crippen molar-refractivity contribution in [3.63, 3.8) is 0 Å². The molecule has 2 aliphatic rings. The zero-order chi connectivity index (χ0) is 21.0. The van der Waals surface area contributed by atoms with Crippen molar-refractivity contribution in [2.24, 2.45) is 0 Å². The van der Waals surface area contributed by atoms with Gasteiger partial charge in [-0.25, -0.2) is 0 Å². The fourth-order valence-corrected chi connectivity index (χ4v) is 4.06. The number of amides is 2. The van der Waals surface area contributed by atoms with Crippen LogP contribution in [-0.4, -0.2) is 91.1 Å². The summed E-state index contributed by atoms with van der Waals surface area (Å²) in [6, 6.07) is 5.95. The molecule has 0 radical (unpaired) electrons. The number of rotatable bonds is 5. The summed E-state index contributed by atoms with van der Waals surface area (Å²) in [5.41, 5.74) is 3.16. The molecule has 1 aromatic rings. The number of carbonyl (C=O) groups excluding carboxylic acids is 2. The molecule has 0 aliphatic carbocycles. The Morgan fingerprint density at radius 2 is 1.59 bits per heavy atom. The molecule has 0 aromatic heterocycles. The molecule has 2 atom stereocenters. The highest BCUT2D eigenvalue weighted by molar-refractivity contribution is 5.93. The molecule has 2 amide bonds. The summed E-state index contributed by atoms with van der Waals surface area (Å²) >= 11 is 0. The molecule has 2 aliphatic heterocycles. The highest BCUT2D eigenvalue weighted by atomic mass is 16.5. The highest BCUT2D eigenvalue weighted by Crippen LogP contribution is 2.18. The van der Waals surface area contributed by atoms with Crippen LogP contribution in [0.4, 0.5) is 5.69 Å². The van der Waals surface area contributed by atoms with Crippen molar-refractivity contribution in [2.45, 2.75) is 39.9 Å². The van der Waals surface area contributed by atoms with Crippen LogP contribution in [0.5, 0.6) is 0 Å². The molecule has 0 saturated carbocycles. The van der Waals surface area contributed by atoms with Crippen LogP contribution >= 0.6 is 0 Å². The van der Waals surface area contributed by atoms with Crippen LogP contribution < -0.4 is 5.32 Å². The third-order valence-corrected chi connectivity index (χ3v) is 5.84. The number of piperazine rings is 1. The van der Waals surface area contributed by atoms with E-state index in [1.54, 1.807) is 0 Å². The van der Waals surface area contributed by atoms with E-state index < -0.39 is 0 Å². The summed E-state index contributed by atoms with van der Waals surface area (Å²) in [5.74, 6) is 0.188. The maximum atomic E-state index is 12.6. The van der Waals surface area contributed by atoms with E-state index in [0.717, 1.165) is 37.4 Å². The summed E-state index contributed by atoms with van der Waals surface area (Å²) in [6.07, 6.45) is 0.185. The van der Waals surface area contributed by atoms with Gasteiger partial charge in [0.15, 0.2) is 0 Å². The second-order valence-corrected chi connectivity index (χ2v) is 8.40. The molecule has 1 aromatic carbocycles. The Bertz CT molecular complexity index is 721. The lowest BCUT2D eigenvalue weighted by atomic mass is 10.1. The van der Waals surface area contributed by atoms with Gasteiger partial charge in [-0.05, 0) is 44.9 Å². The smallest absolute Gasteiger partial charge is 0.238 e. The van der Waals surface area contributed by atoms with Crippen LogP contribution in [0.15, 0.2) is 18.2 Å². The Balaban J connectivity index is 1.41. The molecule has 0 unspecified atom stereocenters. The minimum absolute atomic E-state index is 0.0134. The van der Waals surface area contributed by atoms with Crippen molar-refractivity contribution >= 4 is 17.5 Å². The Morgan fingerprint density at radius 1 is 1.00 bits per heavy atom. The first-order valence-corrected chi connectivity index (χ1v) is 10.6. The molecule has 2 saturated heterocycles. The third kappa shape index (κ3) is 6.01. The minimum atomic E-state index is 0.0134. The number of aryl methyl sites for hydroxylation is 1. The normalized spacial score (nSPS) is 23.8. The molecule has 7 heteroatoms. The molecule has 2 fully saturated rings. The average Bonchev–Trinajstić information content (AvgIpc) is 2.66. The zero-order valence-electron chi connectivity index (χ0n) is 18.1. The Kier molecular flexibility index (Phi) is 7.27. The highest BCUT2D eigenvalue weighted by Gasteiger charge is 2.28. The van der Waals surface area contributed by atoms with Gasteiger partial charge in [-0.1, -0.05) is 12.1 Å². The lowest BCUT2D eigenvalue weighted by Crippen LogP contribution is -2.54. The predicted octanol–water partition coefficient (Wildman–Crippen LogP) is 1.50. The average molecular weight is 403 g/mol. The lowest BCUT2D eigenvalue weighted by Gasteiger charge is -2.38. The van der Waals surface area contributed by atoms with Gasteiger partial charge < -0.3 is 15.0 Å². The zero-order valence-corrected chi connectivity index (χ0v) is 18.1. The standard InChI is InChI=1S/C22H34N4O3/c1-16-6-5-7-20(19(16)4)23-21(27)14-24-8-10-25(11-9-24)15-22(28)26-12-17(2)29-18(3)13-26/h5-7,17-18H,8-15H2,1-4H3,(H,23,27)/t17-,18+. The van der Waals surface area contributed by atoms with Crippen LogP contribution in [0.3, 0.4) is 0 Å². The first-order valence-electron chi connectivity index (χ1n) is 10.6. The van der Waals surface area contributed by atoms with Crippen molar-refractivity contribution in [3.05, 3.63) is 29.3 Å². The number of ether oxygens (including phenoxy) is 1. The molecular formula is C22H34N4O3. The summed E-state index contributed by atoms with van der Waals surface area (Å²) in [4.78, 5) is 31.3. The van der Waals surface area contributed by atoms with Gasteiger partial charge in [0.1, 0.15) is 0 Å². The van der Waals surface area contributed by atoms with E-state index >= 15 is 0 Å². The number of hydrogen-bond acceptors (Lipinski definition) is 5. The summed E-state index contributed by atoms with van der Waals surface area (Å²) in [7, 11) is 0. The van der Waals surface area contributed by atoms with Gasteiger partial charge in [0.05, 0.1) is 25.3 Å². The van der Waals surface area contributed by atoms with Gasteiger partial charge in [0.25, 0.3) is 0 Å². The largest absolute Gasteiger partial charge is 0.372 e. The Hall–Kier alpha value is -1.96. The van der Waals surface area contributed by atoms with Crippen molar-refractivity contribution in [1.82, 2.24) is 14.7 Å². The van der Waals surface area contributed by atoms with E-state index in [9.17, 15) is 9.59 Å². The summed E-state index contributed by atoms with van der Waals surface area (Å²) < 4.78 is 5.71. The monoisotopic (exact) mass is 402 g/mol. The van der Waals surface area contributed by atoms with Gasteiger partial charge in [-0.15, -0.1) is 0 Å². The maximum absolute atomic E-state index is 12.6. The van der Waals surface area contributed by atoms with Crippen LogP contribution in [0.25, 0.3) is 0 Å². The topological polar surface area (TPSA) is 65.1 Å². The predicted molar refractivity (Wildman–Crippen MR) is 114 cm³/mol. The van der Waals surface area contributed by atoms with E-state index in [1.807, 2.05) is 50.8 Å². The minimum Gasteiger partial charge on any atom is -0.372 e. The van der Waals surface area contributed by atoms with Gasteiger partial charge in [0, 0.05) is 45.0 Å². The molecule has 3 rings (SSSR count). The van der Waals surface area contributed by atoms with Gasteiger partial charge in [0.2, 0.25) is 11.8 Å². The second kappa shape index (κ2) is 9.69. The van der Waals surface area contributed by atoms with Gasteiger partial charge in [-0.3, -0.25) is 19.4 Å². The number of hydrogen-bond donors (Lipinski definition) is 1. The third-order valence-electron chi connectivity index (χ3n) is 5.84. The number of nitrogens with one attached hydrogen (secondary N) is 1. The number of benzene rings is 1. The molecule has 1 N–H and O–H groups in total. The van der Waals surface area contributed by atoms with Crippen LogP contribution in [0, 0.1) is 13.8 Å². The SMILES string of the molecule is Cc1cccc(NC(=O)CN2CCN(CC(=O)N3C[C@@H](C)O[C@@H](C)C3)CC2)c1C. The quantitative estimate of drug-likeness (QED) is 0.809. The number of morpholine rings is 1. The van der Waals surface area contributed by atoms with E-state index in [1.165, 1.54) is 5.56 Å². The van der Waals surface area contributed by atoms with Crippen molar-refractivity contribution in [3.8, 4) is 0 Å². The van der Waals surface area contributed by atoms with Crippen molar-refractivity contribution < 1.29 is 14.3 Å². The Labute approximate surface area is 174 Å². The first-order chi connectivity index (χ1) is 13.8. The second-order valence-electron chi connectivity index (χ2n) is 8.40. The molecule has 29 heavy (non-hydrogen) atoms. The van der Waals surface area contributed by atoms with E-state index in [4.69, 9.17) is 4.74 Å². The van der Waals surface area contributed by atoms with Crippen LogP contribution in [-0.2, 0) is 14.3 Å². The maximum Gasteiger partial charge on any atom is 0.238 e. The number of nitrogens with zero attached hydrogens (tertiary/aromatic N) is 3. The molecule has 160 valence electrons. The Morgan fingerprint density at radius 3 is 2.21 bits per heavy atom. The van der Waals surface area contributed by atoms with E-state index in [-0.39, 0.29) is 24.0 Å². The fraction of sp³-hybridized carbons (Fsp3) is 0.636. The summed E-state index contributed by atoms with van der Waals surface area (Å²) in [6.45, 7) is 13.5. The number of anilines is 1. The van der Waals surface area contributed by atoms with E-state index in [0.29, 0.717) is 26.2 Å². The lowest BCUT2D eigenvalue weighted by molar-refractivity contribution is -0.144. The van der Waals surface area contributed by atoms with Crippen LogP contribution in [0.1, 0.15) is 25.0 Å². The van der Waals surface area contributed by atoms with Crippen LogP contribution in [0.2, 0.25) is 0 Å². The van der Waals surface area contributed by atoms with E-state index in [2.05, 4.69) is 15.1 Å². The molecular weight excluding hydrogens is 368 g/mol. The summed E-state index contributed by atoms with van der Waals surface area (Å²) in [5, 5.41) is 3.03.